The van der Waals surface area contributed by atoms with E-state index in [-0.39, 0.29) is 17.0 Å². The normalized spacial score (nSPS) is 14.8. The van der Waals surface area contributed by atoms with Gasteiger partial charge in [0.1, 0.15) is 0 Å². The highest BCUT2D eigenvalue weighted by molar-refractivity contribution is 6.32. The zero-order valence-corrected chi connectivity index (χ0v) is 18.7. The number of rotatable bonds is 5. The van der Waals surface area contributed by atoms with E-state index in [9.17, 15) is 9.59 Å². The number of amides is 1. The Morgan fingerprint density at radius 2 is 1.72 bits per heavy atom. The summed E-state index contributed by atoms with van der Waals surface area (Å²) in [4.78, 5) is 29.6. The summed E-state index contributed by atoms with van der Waals surface area (Å²) in [5.41, 5.74) is 1.98. The van der Waals surface area contributed by atoms with Crippen LogP contribution in [-0.4, -0.2) is 58.2 Å². The van der Waals surface area contributed by atoms with Crippen LogP contribution in [0.5, 0.6) is 0 Å². The number of halogens is 1. The van der Waals surface area contributed by atoms with Gasteiger partial charge in [-0.2, -0.15) is 5.10 Å². The fraction of sp³-hybridized carbons (Fsp3) is 0.240. The molecule has 0 atom stereocenters. The van der Waals surface area contributed by atoms with E-state index in [1.807, 2.05) is 36.4 Å². The second kappa shape index (κ2) is 9.94. The van der Waals surface area contributed by atoms with Crippen LogP contribution in [0.4, 0.5) is 0 Å². The van der Waals surface area contributed by atoms with E-state index in [2.05, 4.69) is 34.3 Å². The molecule has 3 aromatic rings. The molecule has 0 bridgehead atoms. The van der Waals surface area contributed by atoms with E-state index in [1.165, 1.54) is 11.6 Å². The number of benzene rings is 2. The monoisotopic (exact) mass is 448 g/mol. The Balaban J connectivity index is 1.43. The van der Waals surface area contributed by atoms with Crippen LogP contribution in [0.1, 0.15) is 21.7 Å². The maximum atomic E-state index is 13.1. The van der Waals surface area contributed by atoms with Gasteiger partial charge in [0.25, 0.3) is 5.91 Å². The third kappa shape index (κ3) is 4.98. The minimum absolute atomic E-state index is 0.0760. The molecule has 2 heterocycles. The minimum Gasteiger partial charge on any atom is -0.335 e. The number of hydrogen-bond donors (Lipinski definition) is 0. The van der Waals surface area contributed by atoms with Crippen LogP contribution in [0.3, 0.4) is 0 Å². The molecule has 1 amide bonds. The van der Waals surface area contributed by atoms with Crippen molar-refractivity contribution < 1.29 is 4.79 Å². The maximum absolute atomic E-state index is 13.1. The second-order valence-corrected chi connectivity index (χ2v) is 8.17. The Morgan fingerprint density at radius 3 is 2.44 bits per heavy atom. The SMILES string of the molecule is Cc1cc(=O)c(C(=O)N2CCN(CC=Cc3ccccc3)CC2)nn1-c1ccccc1Cl. The average molecular weight is 449 g/mol. The van der Waals surface area contributed by atoms with E-state index < -0.39 is 0 Å². The quantitative estimate of drug-likeness (QED) is 0.597. The Kier molecular flexibility index (Phi) is 6.83. The number of piperazine rings is 1. The van der Waals surface area contributed by atoms with Crippen molar-refractivity contribution in [1.82, 2.24) is 19.6 Å². The number of aromatic nitrogens is 2. The molecular weight excluding hydrogens is 424 g/mol. The molecule has 6 nitrogen and oxygen atoms in total. The molecule has 1 fully saturated rings. The van der Waals surface area contributed by atoms with Crippen LogP contribution >= 0.6 is 11.6 Å². The molecule has 1 aliphatic rings. The predicted octanol–water partition coefficient (Wildman–Crippen LogP) is 3.67. The molecule has 7 heteroatoms. The molecule has 164 valence electrons. The highest BCUT2D eigenvalue weighted by Crippen LogP contribution is 2.20. The number of carbonyl (C=O) groups is 1. The lowest BCUT2D eigenvalue weighted by Gasteiger charge is -2.33. The molecule has 0 radical (unpaired) electrons. The fourth-order valence-electron chi connectivity index (χ4n) is 3.75. The smallest absolute Gasteiger partial charge is 0.278 e. The van der Waals surface area contributed by atoms with Crippen LogP contribution in [0.15, 0.2) is 71.5 Å². The van der Waals surface area contributed by atoms with Crippen molar-refractivity contribution in [2.45, 2.75) is 6.92 Å². The summed E-state index contributed by atoms with van der Waals surface area (Å²) in [6.07, 6.45) is 4.24. The Morgan fingerprint density at radius 1 is 1.03 bits per heavy atom. The van der Waals surface area contributed by atoms with E-state index in [0.717, 1.165) is 19.6 Å². The number of carbonyl (C=O) groups excluding carboxylic acids is 1. The highest BCUT2D eigenvalue weighted by atomic mass is 35.5. The van der Waals surface area contributed by atoms with E-state index in [0.29, 0.717) is 29.5 Å². The molecule has 0 spiro atoms. The van der Waals surface area contributed by atoms with Crippen LogP contribution in [0, 0.1) is 6.92 Å². The molecule has 2 aromatic carbocycles. The summed E-state index contributed by atoms with van der Waals surface area (Å²) in [5, 5.41) is 4.89. The van der Waals surface area contributed by atoms with Crippen molar-refractivity contribution in [2.75, 3.05) is 32.7 Å². The summed E-state index contributed by atoms with van der Waals surface area (Å²) in [6, 6.07) is 18.8. The third-order valence-corrected chi connectivity index (χ3v) is 5.84. The lowest BCUT2D eigenvalue weighted by atomic mass is 10.2. The Bertz CT molecular complexity index is 1180. The van der Waals surface area contributed by atoms with E-state index >= 15 is 0 Å². The van der Waals surface area contributed by atoms with Gasteiger partial charge in [-0.1, -0.05) is 66.2 Å². The number of aryl methyl sites for hydroxylation is 1. The van der Waals surface area contributed by atoms with Gasteiger partial charge in [0.2, 0.25) is 5.43 Å². The molecule has 1 saturated heterocycles. The zero-order valence-electron chi connectivity index (χ0n) is 17.9. The highest BCUT2D eigenvalue weighted by Gasteiger charge is 2.25. The second-order valence-electron chi connectivity index (χ2n) is 7.77. The molecule has 1 aromatic heterocycles. The standard InChI is InChI=1S/C25H25ClN4O2/c1-19-18-23(31)24(27-30(19)22-12-6-5-11-21(22)26)25(32)29-16-14-28(15-17-29)13-7-10-20-8-3-2-4-9-20/h2-12,18H,13-17H2,1H3. The first kappa shape index (κ1) is 22.0. The molecule has 32 heavy (non-hydrogen) atoms. The summed E-state index contributed by atoms with van der Waals surface area (Å²) in [7, 11) is 0. The van der Waals surface area contributed by atoms with Crippen LogP contribution in [0.2, 0.25) is 5.02 Å². The van der Waals surface area contributed by atoms with Gasteiger partial charge in [0.05, 0.1) is 10.7 Å². The summed E-state index contributed by atoms with van der Waals surface area (Å²) >= 11 is 6.30. The Hall–Kier alpha value is -3.22. The van der Waals surface area contributed by atoms with E-state index in [4.69, 9.17) is 11.6 Å². The first-order chi connectivity index (χ1) is 15.5. The molecule has 0 N–H and O–H groups in total. The minimum atomic E-state index is -0.371. The van der Waals surface area contributed by atoms with E-state index in [1.54, 1.807) is 22.6 Å². The van der Waals surface area contributed by atoms with Crippen molar-refractivity contribution in [1.29, 1.82) is 0 Å². The Labute approximate surface area is 192 Å². The van der Waals surface area contributed by atoms with Gasteiger partial charge < -0.3 is 4.90 Å². The average Bonchev–Trinajstić information content (AvgIpc) is 2.81. The van der Waals surface area contributed by atoms with Crippen LogP contribution in [0.25, 0.3) is 11.8 Å². The number of hydrogen-bond acceptors (Lipinski definition) is 4. The van der Waals surface area contributed by atoms with Gasteiger partial charge in [-0.25, -0.2) is 4.68 Å². The van der Waals surface area contributed by atoms with Crippen molar-refractivity contribution in [3.63, 3.8) is 0 Å². The molecular formula is C25H25ClN4O2. The molecule has 0 unspecified atom stereocenters. The lowest BCUT2D eigenvalue weighted by Crippen LogP contribution is -2.49. The summed E-state index contributed by atoms with van der Waals surface area (Å²) < 4.78 is 1.56. The van der Waals surface area contributed by atoms with Gasteiger partial charge in [-0.3, -0.25) is 14.5 Å². The van der Waals surface area contributed by atoms with Gasteiger partial charge >= 0.3 is 0 Å². The predicted molar refractivity (Wildman–Crippen MR) is 127 cm³/mol. The van der Waals surface area contributed by atoms with Crippen LogP contribution < -0.4 is 5.43 Å². The molecule has 1 aliphatic heterocycles. The summed E-state index contributed by atoms with van der Waals surface area (Å²) in [6.45, 7) is 5.19. The topological polar surface area (TPSA) is 58.4 Å². The summed E-state index contributed by atoms with van der Waals surface area (Å²) in [5.74, 6) is -0.338. The molecule has 0 aliphatic carbocycles. The third-order valence-electron chi connectivity index (χ3n) is 5.52. The first-order valence-corrected chi connectivity index (χ1v) is 11.0. The van der Waals surface area contributed by atoms with Crippen molar-refractivity contribution in [2.24, 2.45) is 0 Å². The fourth-order valence-corrected chi connectivity index (χ4v) is 3.96. The zero-order chi connectivity index (χ0) is 22.5. The van der Waals surface area contributed by atoms with Gasteiger partial charge in [0, 0.05) is 44.5 Å². The molecule has 0 saturated carbocycles. The molecule has 4 rings (SSSR count). The number of para-hydroxylation sites is 1. The van der Waals surface area contributed by atoms with Crippen molar-refractivity contribution in [3.05, 3.63) is 98.9 Å². The van der Waals surface area contributed by atoms with Gasteiger partial charge in [0.15, 0.2) is 5.69 Å². The van der Waals surface area contributed by atoms with Crippen LogP contribution in [-0.2, 0) is 0 Å². The lowest BCUT2D eigenvalue weighted by molar-refractivity contribution is 0.0641. The maximum Gasteiger partial charge on any atom is 0.278 e. The van der Waals surface area contributed by atoms with Gasteiger partial charge in [-0.15, -0.1) is 0 Å². The van der Waals surface area contributed by atoms with Crippen molar-refractivity contribution in [3.8, 4) is 5.69 Å². The largest absolute Gasteiger partial charge is 0.335 e. The van der Waals surface area contributed by atoms with Crippen molar-refractivity contribution >= 4 is 23.6 Å². The first-order valence-electron chi connectivity index (χ1n) is 10.6. The number of nitrogens with zero attached hydrogens (tertiary/aromatic N) is 4. The van der Waals surface area contributed by atoms with Gasteiger partial charge in [-0.05, 0) is 24.6 Å².